The van der Waals surface area contributed by atoms with Gasteiger partial charge in [0.05, 0.1) is 18.0 Å². The molecule has 3 aromatic rings. The predicted octanol–water partition coefficient (Wildman–Crippen LogP) is 4.34. The zero-order valence-electron chi connectivity index (χ0n) is 13.0. The van der Waals surface area contributed by atoms with Crippen molar-refractivity contribution in [3.05, 3.63) is 54.4 Å². The first kappa shape index (κ1) is 13.3. The second kappa shape index (κ2) is 5.09. The molecule has 0 radical (unpaired) electrons. The number of aryl methyl sites for hydroxylation is 2. The van der Waals surface area contributed by atoms with Gasteiger partial charge >= 0.3 is 0 Å². The molecule has 3 nitrogen and oxygen atoms in total. The first-order valence-corrected chi connectivity index (χ1v) is 7.86. The molecule has 0 N–H and O–H groups in total. The van der Waals surface area contributed by atoms with Crippen LogP contribution in [0.1, 0.15) is 12.5 Å². The summed E-state index contributed by atoms with van der Waals surface area (Å²) in [6, 6.07) is 12.7. The van der Waals surface area contributed by atoms with E-state index in [4.69, 9.17) is 4.74 Å². The Kier molecular flexibility index (Phi) is 3.07. The van der Waals surface area contributed by atoms with E-state index in [1.165, 1.54) is 28.1 Å². The number of ether oxygens (including phenoxy) is 1. The van der Waals surface area contributed by atoms with Gasteiger partial charge in [-0.05, 0) is 49.2 Å². The summed E-state index contributed by atoms with van der Waals surface area (Å²) in [5.74, 6) is 0.932. The fourth-order valence-corrected chi connectivity index (χ4v) is 3.40. The van der Waals surface area contributed by atoms with Crippen molar-refractivity contribution in [1.29, 1.82) is 0 Å². The van der Waals surface area contributed by atoms with Crippen molar-refractivity contribution in [2.75, 3.05) is 6.61 Å². The first-order valence-electron chi connectivity index (χ1n) is 7.86. The Bertz CT molecular complexity index is 809. The fraction of sp³-hybridized carbons (Fsp3) is 0.263. The van der Waals surface area contributed by atoms with E-state index in [0.29, 0.717) is 6.61 Å². The van der Waals surface area contributed by atoms with E-state index < -0.39 is 0 Å². The topological polar surface area (TPSA) is 19.1 Å². The van der Waals surface area contributed by atoms with Gasteiger partial charge in [0.15, 0.2) is 0 Å². The third kappa shape index (κ3) is 1.97. The summed E-state index contributed by atoms with van der Waals surface area (Å²) in [6.07, 6.45) is 4.46. The highest BCUT2D eigenvalue weighted by atomic mass is 16.5. The highest BCUT2D eigenvalue weighted by Crippen LogP contribution is 2.36. The molecular weight excluding hydrogens is 272 g/mol. The van der Waals surface area contributed by atoms with Crippen LogP contribution in [0, 0.1) is 6.92 Å². The van der Waals surface area contributed by atoms with Crippen LogP contribution in [0.4, 0.5) is 0 Å². The normalized spacial score (nSPS) is 12.8. The lowest BCUT2D eigenvalue weighted by Crippen LogP contribution is -2.14. The van der Waals surface area contributed by atoms with Gasteiger partial charge in [-0.1, -0.05) is 12.1 Å². The van der Waals surface area contributed by atoms with E-state index in [-0.39, 0.29) is 0 Å². The summed E-state index contributed by atoms with van der Waals surface area (Å²) in [4.78, 5) is 0. The summed E-state index contributed by atoms with van der Waals surface area (Å²) < 4.78 is 10.3. The van der Waals surface area contributed by atoms with Crippen LogP contribution in [0.25, 0.3) is 22.5 Å². The fourth-order valence-electron chi connectivity index (χ4n) is 3.40. The molecule has 0 atom stereocenters. The van der Waals surface area contributed by atoms with Gasteiger partial charge in [0.2, 0.25) is 0 Å². The molecule has 1 aliphatic rings. The summed E-state index contributed by atoms with van der Waals surface area (Å²) >= 11 is 0. The lowest BCUT2D eigenvalue weighted by molar-refractivity contribution is 0.340. The van der Waals surface area contributed by atoms with Crippen molar-refractivity contribution < 1.29 is 4.74 Å². The van der Waals surface area contributed by atoms with Gasteiger partial charge in [-0.3, -0.25) is 0 Å². The first-order chi connectivity index (χ1) is 10.8. The Hall–Kier alpha value is -2.42. The molecule has 22 heavy (non-hydrogen) atoms. The number of nitrogens with zero attached hydrogens (tertiary/aromatic N) is 2. The van der Waals surface area contributed by atoms with Crippen molar-refractivity contribution >= 4 is 0 Å². The second-order valence-corrected chi connectivity index (χ2v) is 5.75. The lowest BCUT2D eigenvalue weighted by Gasteiger charge is -2.19. The molecule has 2 aromatic heterocycles. The van der Waals surface area contributed by atoms with Gasteiger partial charge in [-0.2, -0.15) is 0 Å². The molecule has 0 saturated carbocycles. The molecular formula is C19H20N2O. The smallest absolute Gasteiger partial charge is 0.119 e. The van der Waals surface area contributed by atoms with E-state index in [0.717, 1.165) is 18.8 Å². The molecule has 0 amide bonds. The van der Waals surface area contributed by atoms with Crippen LogP contribution in [-0.2, 0) is 13.1 Å². The van der Waals surface area contributed by atoms with Gasteiger partial charge in [0, 0.05) is 31.0 Å². The maximum atomic E-state index is 5.54. The van der Waals surface area contributed by atoms with Crippen LogP contribution in [0.15, 0.2) is 48.8 Å². The molecule has 1 aliphatic heterocycles. The summed E-state index contributed by atoms with van der Waals surface area (Å²) in [6.45, 7) is 7.02. The highest BCUT2D eigenvalue weighted by Gasteiger charge is 2.20. The molecule has 0 fully saturated rings. The van der Waals surface area contributed by atoms with Crippen molar-refractivity contribution in [3.8, 4) is 28.3 Å². The number of fused-ring (bicyclic) bond motifs is 3. The summed E-state index contributed by atoms with van der Waals surface area (Å²) in [5, 5.41) is 0. The van der Waals surface area contributed by atoms with Crippen molar-refractivity contribution in [3.63, 3.8) is 0 Å². The quantitative estimate of drug-likeness (QED) is 0.702. The van der Waals surface area contributed by atoms with Crippen LogP contribution >= 0.6 is 0 Å². The number of rotatable bonds is 3. The average Bonchev–Trinajstić information content (AvgIpc) is 3.13. The maximum Gasteiger partial charge on any atom is 0.119 e. The standard InChI is InChI=1S/C19H20N2O/c1-3-22-16-8-6-15(7-9-16)17-13-21-12-11-20-10-4-5-18(20)19(21)14(17)2/h4-10,13H,3,11-12H2,1-2H3. The molecule has 1 aromatic carbocycles. The molecule has 112 valence electrons. The van der Waals surface area contributed by atoms with Crippen LogP contribution in [0.2, 0.25) is 0 Å². The molecule has 0 aliphatic carbocycles. The highest BCUT2D eigenvalue weighted by molar-refractivity contribution is 5.77. The molecule has 0 saturated heterocycles. The molecule has 0 bridgehead atoms. The predicted molar refractivity (Wildman–Crippen MR) is 89.2 cm³/mol. The largest absolute Gasteiger partial charge is 0.494 e. The van der Waals surface area contributed by atoms with Crippen LogP contribution in [0.5, 0.6) is 5.75 Å². The van der Waals surface area contributed by atoms with Crippen molar-refractivity contribution in [1.82, 2.24) is 9.13 Å². The maximum absolute atomic E-state index is 5.54. The molecule has 4 rings (SSSR count). The molecule has 3 heterocycles. The van der Waals surface area contributed by atoms with Crippen LogP contribution in [-0.4, -0.2) is 15.7 Å². The van der Waals surface area contributed by atoms with E-state index in [1.807, 2.05) is 6.92 Å². The Morgan fingerprint density at radius 1 is 1.05 bits per heavy atom. The zero-order chi connectivity index (χ0) is 15.1. The Morgan fingerprint density at radius 2 is 1.82 bits per heavy atom. The number of hydrogen-bond donors (Lipinski definition) is 0. The van der Waals surface area contributed by atoms with Gasteiger partial charge in [0.25, 0.3) is 0 Å². The molecule has 0 unspecified atom stereocenters. The van der Waals surface area contributed by atoms with E-state index >= 15 is 0 Å². The minimum absolute atomic E-state index is 0.704. The number of benzene rings is 1. The Balaban J connectivity index is 1.79. The number of hydrogen-bond acceptors (Lipinski definition) is 1. The number of aromatic nitrogens is 2. The SMILES string of the molecule is CCOc1ccc(-c2cn3c(c2C)-c2cccn2CC3)cc1. The third-order valence-corrected chi connectivity index (χ3v) is 4.46. The van der Waals surface area contributed by atoms with Gasteiger partial charge in [-0.25, -0.2) is 0 Å². The Labute approximate surface area is 130 Å². The van der Waals surface area contributed by atoms with Crippen LogP contribution < -0.4 is 4.74 Å². The zero-order valence-corrected chi connectivity index (χ0v) is 13.0. The van der Waals surface area contributed by atoms with Gasteiger partial charge < -0.3 is 13.9 Å². The Morgan fingerprint density at radius 3 is 2.59 bits per heavy atom. The van der Waals surface area contributed by atoms with Gasteiger partial charge in [-0.15, -0.1) is 0 Å². The minimum Gasteiger partial charge on any atom is -0.494 e. The molecule has 3 heteroatoms. The average molecular weight is 292 g/mol. The third-order valence-electron chi connectivity index (χ3n) is 4.46. The summed E-state index contributed by atoms with van der Waals surface area (Å²) in [7, 11) is 0. The minimum atomic E-state index is 0.704. The molecule has 0 spiro atoms. The van der Waals surface area contributed by atoms with E-state index in [2.05, 4.69) is 64.8 Å². The lowest BCUT2D eigenvalue weighted by atomic mass is 10.0. The van der Waals surface area contributed by atoms with Gasteiger partial charge in [0.1, 0.15) is 5.75 Å². The van der Waals surface area contributed by atoms with Crippen molar-refractivity contribution in [2.24, 2.45) is 0 Å². The monoisotopic (exact) mass is 292 g/mol. The summed E-state index contributed by atoms with van der Waals surface area (Å²) in [5.41, 5.74) is 6.58. The van der Waals surface area contributed by atoms with E-state index in [9.17, 15) is 0 Å². The second-order valence-electron chi connectivity index (χ2n) is 5.75. The van der Waals surface area contributed by atoms with E-state index in [1.54, 1.807) is 0 Å². The van der Waals surface area contributed by atoms with Crippen LogP contribution in [0.3, 0.4) is 0 Å². The van der Waals surface area contributed by atoms with Crippen molar-refractivity contribution in [2.45, 2.75) is 26.9 Å².